The standard InChI is InChI=1S/C21H35N3O2/c1-15(2)20(22)10-11-23(5)21(25)19-8-6-18(7-9-19)14-24-12-16(3)26-17(4)13-24/h6-9,15-17,20H,10-14,22H2,1-5H3. The van der Waals surface area contributed by atoms with Crippen LogP contribution in [0.15, 0.2) is 24.3 Å². The highest BCUT2D eigenvalue weighted by Crippen LogP contribution is 2.15. The van der Waals surface area contributed by atoms with Crippen molar-refractivity contribution < 1.29 is 9.53 Å². The molecular weight excluding hydrogens is 326 g/mol. The fourth-order valence-electron chi connectivity index (χ4n) is 3.42. The zero-order valence-corrected chi connectivity index (χ0v) is 16.9. The zero-order chi connectivity index (χ0) is 19.3. The van der Waals surface area contributed by atoms with Crippen molar-refractivity contribution >= 4 is 5.91 Å². The number of morpholine rings is 1. The van der Waals surface area contributed by atoms with Crippen LogP contribution in [0, 0.1) is 5.92 Å². The van der Waals surface area contributed by atoms with Crippen molar-refractivity contribution in [3.63, 3.8) is 0 Å². The van der Waals surface area contributed by atoms with Gasteiger partial charge < -0.3 is 15.4 Å². The second-order valence-corrected chi connectivity index (χ2v) is 8.07. The molecule has 2 rings (SSSR count). The lowest BCUT2D eigenvalue weighted by Crippen LogP contribution is -2.44. The third-order valence-electron chi connectivity index (χ3n) is 5.10. The molecule has 0 saturated carbocycles. The number of nitrogens with two attached hydrogens (primary N) is 1. The summed E-state index contributed by atoms with van der Waals surface area (Å²) in [6, 6.07) is 8.12. The van der Waals surface area contributed by atoms with Crippen LogP contribution in [-0.2, 0) is 11.3 Å². The third-order valence-corrected chi connectivity index (χ3v) is 5.10. The van der Waals surface area contributed by atoms with E-state index in [0.717, 1.165) is 31.6 Å². The lowest BCUT2D eigenvalue weighted by atomic mass is 10.0. The Morgan fingerprint density at radius 3 is 2.35 bits per heavy atom. The quantitative estimate of drug-likeness (QED) is 0.811. The summed E-state index contributed by atoms with van der Waals surface area (Å²) in [6.07, 6.45) is 1.36. The van der Waals surface area contributed by atoms with Gasteiger partial charge in [0, 0.05) is 44.8 Å². The first-order valence-electron chi connectivity index (χ1n) is 9.74. The molecule has 1 saturated heterocycles. The third kappa shape index (κ3) is 6.08. The van der Waals surface area contributed by atoms with E-state index in [-0.39, 0.29) is 24.2 Å². The molecule has 5 nitrogen and oxygen atoms in total. The first-order chi connectivity index (χ1) is 12.3. The van der Waals surface area contributed by atoms with Gasteiger partial charge in [0.1, 0.15) is 0 Å². The predicted molar refractivity (Wildman–Crippen MR) is 106 cm³/mol. The Balaban J connectivity index is 1.88. The molecule has 0 spiro atoms. The van der Waals surface area contributed by atoms with Crippen molar-refractivity contribution in [3.8, 4) is 0 Å². The SMILES string of the molecule is CC1CN(Cc2ccc(C(=O)N(C)CCC(N)C(C)C)cc2)CC(C)O1. The van der Waals surface area contributed by atoms with Crippen LogP contribution in [0.3, 0.4) is 0 Å². The van der Waals surface area contributed by atoms with Gasteiger partial charge in [-0.25, -0.2) is 0 Å². The largest absolute Gasteiger partial charge is 0.373 e. The minimum absolute atomic E-state index is 0.0566. The van der Waals surface area contributed by atoms with Gasteiger partial charge in [-0.2, -0.15) is 0 Å². The second-order valence-electron chi connectivity index (χ2n) is 8.07. The predicted octanol–water partition coefficient (Wildman–Crippen LogP) is 2.74. The van der Waals surface area contributed by atoms with Crippen LogP contribution < -0.4 is 5.73 Å². The molecule has 1 aliphatic heterocycles. The van der Waals surface area contributed by atoms with Crippen molar-refractivity contribution in [2.24, 2.45) is 11.7 Å². The highest BCUT2D eigenvalue weighted by Gasteiger charge is 2.22. The van der Waals surface area contributed by atoms with E-state index in [0.29, 0.717) is 12.5 Å². The Morgan fingerprint density at radius 2 is 1.81 bits per heavy atom. The van der Waals surface area contributed by atoms with Crippen molar-refractivity contribution in [1.29, 1.82) is 0 Å². The van der Waals surface area contributed by atoms with Gasteiger partial charge in [0.2, 0.25) is 0 Å². The van der Waals surface area contributed by atoms with Gasteiger partial charge in [-0.15, -0.1) is 0 Å². The number of carbonyl (C=O) groups excluding carboxylic acids is 1. The Hall–Kier alpha value is -1.43. The Kier molecular flexibility index (Phi) is 7.62. The molecule has 1 aromatic rings. The van der Waals surface area contributed by atoms with Gasteiger partial charge >= 0.3 is 0 Å². The number of hydrogen-bond donors (Lipinski definition) is 1. The van der Waals surface area contributed by atoms with Crippen LogP contribution in [0.1, 0.15) is 50.0 Å². The molecule has 0 radical (unpaired) electrons. The molecule has 3 atom stereocenters. The fraction of sp³-hybridized carbons (Fsp3) is 0.667. The molecule has 0 aromatic heterocycles. The number of benzene rings is 1. The molecule has 0 bridgehead atoms. The van der Waals surface area contributed by atoms with Crippen LogP contribution in [-0.4, -0.2) is 60.6 Å². The second kappa shape index (κ2) is 9.49. The van der Waals surface area contributed by atoms with E-state index in [4.69, 9.17) is 10.5 Å². The van der Waals surface area contributed by atoms with Gasteiger partial charge in [0.05, 0.1) is 12.2 Å². The Labute approximate surface area is 158 Å². The van der Waals surface area contributed by atoms with E-state index in [1.165, 1.54) is 5.56 Å². The molecule has 3 unspecified atom stereocenters. The average molecular weight is 362 g/mol. The zero-order valence-electron chi connectivity index (χ0n) is 16.9. The molecule has 1 amide bonds. The average Bonchev–Trinajstić information content (AvgIpc) is 2.58. The normalized spacial score (nSPS) is 22.4. The molecule has 0 aliphatic carbocycles. The summed E-state index contributed by atoms with van der Waals surface area (Å²) in [5, 5.41) is 0. The van der Waals surface area contributed by atoms with E-state index in [1.54, 1.807) is 4.90 Å². The highest BCUT2D eigenvalue weighted by atomic mass is 16.5. The number of carbonyl (C=O) groups is 1. The van der Waals surface area contributed by atoms with Gasteiger partial charge in [0.25, 0.3) is 5.91 Å². The topological polar surface area (TPSA) is 58.8 Å². The Morgan fingerprint density at radius 1 is 1.23 bits per heavy atom. The first kappa shape index (κ1) is 20.9. The van der Waals surface area contributed by atoms with E-state index in [9.17, 15) is 4.79 Å². The summed E-state index contributed by atoms with van der Waals surface area (Å²) >= 11 is 0. The van der Waals surface area contributed by atoms with Gasteiger partial charge in [-0.3, -0.25) is 9.69 Å². The molecule has 5 heteroatoms. The smallest absolute Gasteiger partial charge is 0.253 e. The van der Waals surface area contributed by atoms with Crippen LogP contribution in [0.2, 0.25) is 0 Å². The number of amides is 1. The summed E-state index contributed by atoms with van der Waals surface area (Å²) in [7, 11) is 1.85. The number of nitrogens with zero attached hydrogens (tertiary/aromatic N) is 2. The van der Waals surface area contributed by atoms with Crippen molar-refractivity contribution in [2.75, 3.05) is 26.7 Å². The Bertz CT molecular complexity index is 563. The molecule has 1 aromatic carbocycles. The minimum atomic E-state index is 0.0566. The maximum absolute atomic E-state index is 12.6. The van der Waals surface area contributed by atoms with Crippen molar-refractivity contribution in [2.45, 2.75) is 58.9 Å². The van der Waals surface area contributed by atoms with Crippen molar-refractivity contribution in [1.82, 2.24) is 9.80 Å². The van der Waals surface area contributed by atoms with Gasteiger partial charge in [0.15, 0.2) is 0 Å². The molecular formula is C21H35N3O2. The van der Waals surface area contributed by atoms with E-state index in [2.05, 4.69) is 44.7 Å². The summed E-state index contributed by atoms with van der Waals surface area (Å²) in [5.41, 5.74) is 8.04. The monoisotopic (exact) mass is 361 g/mol. The van der Waals surface area contributed by atoms with Crippen LogP contribution in [0.25, 0.3) is 0 Å². The van der Waals surface area contributed by atoms with Gasteiger partial charge in [-0.05, 0) is 43.9 Å². The first-order valence-corrected chi connectivity index (χ1v) is 9.74. The fourth-order valence-corrected chi connectivity index (χ4v) is 3.42. The van der Waals surface area contributed by atoms with Crippen LogP contribution in [0.4, 0.5) is 0 Å². The molecule has 26 heavy (non-hydrogen) atoms. The summed E-state index contributed by atoms with van der Waals surface area (Å²) in [4.78, 5) is 16.8. The summed E-state index contributed by atoms with van der Waals surface area (Å²) in [6.45, 7) is 11.9. The van der Waals surface area contributed by atoms with Crippen molar-refractivity contribution in [3.05, 3.63) is 35.4 Å². The molecule has 146 valence electrons. The lowest BCUT2D eigenvalue weighted by molar-refractivity contribution is -0.0704. The maximum atomic E-state index is 12.6. The molecule has 1 fully saturated rings. The van der Waals surface area contributed by atoms with E-state index >= 15 is 0 Å². The van der Waals surface area contributed by atoms with E-state index in [1.807, 2.05) is 19.2 Å². The molecule has 2 N–H and O–H groups in total. The number of ether oxygens (including phenoxy) is 1. The number of hydrogen-bond acceptors (Lipinski definition) is 4. The molecule has 1 aliphatic rings. The summed E-state index contributed by atoms with van der Waals surface area (Å²) < 4.78 is 5.78. The minimum Gasteiger partial charge on any atom is -0.373 e. The van der Waals surface area contributed by atoms with Gasteiger partial charge in [-0.1, -0.05) is 26.0 Å². The van der Waals surface area contributed by atoms with E-state index < -0.39 is 0 Å². The maximum Gasteiger partial charge on any atom is 0.253 e. The van der Waals surface area contributed by atoms with Crippen LogP contribution in [0.5, 0.6) is 0 Å². The lowest BCUT2D eigenvalue weighted by Gasteiger charge is -2.35. The molecule has 1 heterocycles. The number of rotatable bonds is 7. The summed E-state index contributed by atoms with van der Waals surface area (Å²) in [5.74, 6) is 0.490. The van der Waals surface area contributed by atoms with Crippen LogP contribution >= 0.6 is 0 Å². The highest BCUT2D eigenvalue weighted by molar-refractivity contribution is 5.94.